The second-order valence-electron chi connectivity index (χ2n) is 5.28. The number of thiophene rings is 1. The van der Waals surface area contributed by atoms with Crippen molar-refractivity contribution >= 4 is 38.6 Å². The minimum Gasteiger partial charge on any atom is -0.378 e. The van der Waals surface area contributed by atoms with Crippen molar-refractivity contribution in [3.05, 3.63) is 54.2 Å². The van der Waals surface area contributed by atoms with E-state index >= 15 is 0 Å². The van der Waals surface area contributed by atoms with Crippen LogP contribution in [-0.2, 0) is 6.42 Å². The largest absolute Gasteiger partial charge is 0.378 e. The van der Waals surface area contributed by atoms with Crippen molar-refractivity contribution < 1.29 is 4.92 Å². The SMILES string of the molecule is Cc1cc(NC2CCCc3sc(Br)cc32)ccc1[N+](=O)[O-]. The molecule has 3 rings (SSSR count). The standard InChI is InChI=1S/C15H15BrN2O2S/c1-9-7-10(5-6-13(9)18(19)20)17-12-3-2-4-14-11(12)8-15(16)21-14/h5-8,12,17H,2-4H2,1H3. The Kier molecular flexibility index (Phi) is 3.99. The van der Waals surface area contributed by atoms with Crippen LogP contribution < -0.4 is 5.32 Å². The summed E-state index contributed by atoms with van der Waals surface area (Å²) >= 11 is 5.36. The van der Waals surface area contributed by atoms with Crippen LogP contribution in [0.2, 0.25) is 0 Å². The van der Waals surface area contributed by atoms with Gasteiger partial charge in [0.15, 0.2) is 0 Å². The molecule has 0 amide bonds. The van der Waals surface area contributed by atoms with Crippen molar-refractivity contribution in [1.29, 1.82) is 0 Å². The van der Waals surface area contributed by atoms with Gasteiger partial charge in [-0.05, 0) is 65.9 Å². The van der Waals surface area contributed by atoms with Crippen molar-refractivity contribution in [3.8, 4) is 0 Å². The molecule has 1 aliphatic rings. The van der Waals surface area contributed by atoms with Gasteiger partial charge in [0, 0.05) is 22.2 Å². The first-order valence-electron chi connectivity index (χ1n) is 6.84. The molecule has 1 aromatic heterocycles. The molecule has 1 heterocycles. The summed E-state index contributed by atoms with van der Waals surface area (Å²) in [5, 5.41) is 14.4. The summed E-state index contributed by atoms with van der Waals surface area (Å²) in [6.45, 7) is 1.77. The van der Waals surface area contributed by atoms with Crippen LogP contribution in [0.4, 0.5) is 11.4 Å². The Morgan fingerprint density at radius 2 is 2.24 bits per heavy atom. The number of hydrogen-bond acceptors (Lipinski definition) is 4. The Balaban J connectivity index is 1.84. The van der Waals surface area contributed by atoms with E-state index in [9.17, 15) is 10.1 Å². The van der Waals surface area contributed by atoms with Gasteiger partial charge in [0.2, 0.25) is 0 Å². The maximum Gasteiger partial charge on any atom is 0.272 e. The lowest BCUT2D eigenvalue weighted by Gasteiger charge is -2.24. The molecule has 0 saturated carbocycles. The number of nitrogens with zero attached hydrogens (tertiary/aromatic N) is 1. The summed E-state index contributed by atoms with van der Waals surface area (Å²) in [6.07, 6.45) is 3.40. The predicted molar refractivity (Wildman–Crippen MR) is 89.2 cm³/mol. The van der Waals surface area contributed by atoms with E-state index < -0.39 is 0 Å². The molecule has 0 saturated heterocycles. The van der Waals surface area contributed by atoms with Gasteiger partial charge in [-0.25, -0.2) is 0 Å². The summed E-state index contributed by atoms with van der Waals surface area (Å²) in [5.41, 5.74) is 3.16. The lowest BCUT2D eigenvalue weighted by Crippen LogP contribution is -2.15. The van der Waals surface area contributed by atoms with E-state index in [1.165, 1.54) is 20.6 Å². The number of hydrogen-bond donors (Lipinski definition) is 1. The molecule has 1 aromatic carbocycles. The third-order valence-electron chi connectivity index (χ3n) is 3.82. The van der Waals surface area contributed by atoms with Crippen LogP contribution in [0.15, 0.2) is 28.1 Å². The highest BCUT2D eigenvalue weighted by Gasteiger charge is 2.23. The van der Waals surface area contributed by atoms with E-state index in [0.29, 0.717) is 5.56 Å². The van der Waals surface area contributed by atoms with Crippen molar-refractivity contribution in [2.24, 2.45) is 0 Å². The molecule has 1 unspecified atom stereocenters. The molecular formula is C15H15BrN2O2S. The maximum absolute atomic E-state index is 10.9. The first kappa shape index (κ1) is 14.5. The van der Waals surface area contributed by atoms with Crippen LogP contribution in [0.3, 0.4) is 0 Å². The number of halogens is 1. The van der Waals surface area contributed by atoms with Gasteiger partial charge in [0.1, 0.15) is 0 Å². The van der Waals surface area contributed by atoms with E-state index in [4.69, 9.17) is 0 Å². The summed E-state index contributed by atoms with van der Waals surface area (Å²) in [6, 6.07) is 7.70. The Bertz CT molecular complexity index is 699. The van der Waals surface area contributed by atoms with Crippen molar-refractivity contribution in [1.82, 2.24) is 0 Å². The summed E-state index contributed by atoms with van der Waals surface area (Å²) in [7, 11) is 0. The van der Waals surface area contributed by atoms with Crippen LogP contribution in [0.25, 0.3) is 0 Å². The molecule has 0 bridgehead atoms. The minimum absolute atomic E-state index is 0.170. The molecule has 1 N–H and O–H groups in total. The number of fused-ring (bicyclic) bond motifs is 1. The van der Waals surface area contributed by atoms with E-state index in [1.54, 1.807) is 30.4 Å². The Hall–Kier alpha value is -1.40. The van der Waals surface area contributed by atoms with Crippen molar-refractivity contribution in [2.75, 3.05) is 5.32 Å². The van der Waals surface area contributed by atoms with Gasteiger partial charge in [-0.3, -0.25) is 10.1 Å². The molecule has 2 aromatic rings. The van der Waals surface area contributed by atoms with Crippen LogP contribution >= 0.6 is 27.3 Å². The normalized spacial score (nSPS) is 17.3. The zero-order valence-electron chi connectivity index (χ0n) is 11.6. The lowest BCUT2D eigenvalue weighted by atomic mass is 9.94. The summed E-state index contributed by atoms with van der Waals surface area (Å²) in [5.74, 6) is 0. The third kappa shape index (κ3) is 2.96. The lowest BCUT2D eigenvalue weighted by molar-refractivity contribution is -0.385. The van der Waals surface area contributed by atoms with Gasteiger partial charge in [0.05, 0.1) is 14.8 Å². The first-order chi connectivity index (χ1) is 10.0. The fraction of sp³-hybridized carbons (Fsp3) is 0.333. The highest BCUT2D eigenvalue weighted by Crippen LogP contribution is 2.39. The number of nitro groups is 1. The van der Waals surface area contributed by atoms with Crippen molar-refractivity contribution in [2.45, 2.75) is 32.2 Å². The van der Waals surface area contributed by atoms with Crippen LogP contribution in [0.5, 0.6) is 0 Å². The van der Waals surface area contributed by atoms with Gasteiger partial charge < -0.3 is 5.32 Å². The van der Waals surface area contributed by atoms with Gasteiger partial charge in [-0.1, -0.05) is 0 Å². The average molecular weight is 367 g/mol. The Morgan fingerprint density at radius 1 is 1.43 bits per heavy atom. The molecule has 1 aliphatic carbocycles. The highest BCUT2D eigenvalue weighted by molar-refractivity contribution is 9.11. The van der Waals surface area contributed by atoms with E-state index in [0.717, 1.165) is 18.5 Å². The minimum atomic E-state index is -0.339. The van der Waals surface area contributed by atoms with Gasteiger partial charge in [0.25, 0.3) is 5.69 Å². The molecule has 0 aliphatic heterocycles. The van der Waals surface area contributed by atoms with E-state index in [-0.39, 0.29) is 16.7 Å². The number of nitro benzene ring substituents is 1. The van der Waals surface area contributed by atoms with Crippen LogP contribution in [-0.4, -0.2) is 4.92 Å². The smallest absolute Gasteiger partial charge is 0.272 e. The third-order valence-corrected chi connectivity index (χ3v) is 5.53. The molecule has 0 radical (unpaired) electrons. The number of benzene rings is 1. The molecule has 4 nitrogen and oxygen atoms in total. The molecule has 110 valence electrons. The number of nitrogens with one attached hydrogen (secondary N) is 1. The maximum atomic E-state index is 10.9. The molecular weight excluding hydrogens is 352 g/mol. The molecule has 1 atom stereocenters. The second-order valence-corrected chi connectivity index (χ2v) is 7.79. The molecule has 6 heteroatoms. The number of aryl methyl sites for hydroxylation is 2. The molecule has 0 spiro atoms. The monoisotopic (exact) mass is 366 g/mol. The summed E-state index contributed by atoms with van der Waals surface area (Å²) in [4.78, 5) is 12.0. The molecule has 21 heavy (non-hydrogen) atoms. The zero-order chi connectivity index (χ0) is 15.0. The molecule has 0 fully saturated rings. The topological polar surface area (TPSA) is 55.2 Å². The Labute approximate surface area is 135 Å². The number of anilines is 1. The Morgan fingerprint density at radius 3 is 2.95 bits per heavy atom. The fourth-order valence-electron chi connectivity index (χ4n) is 2.82. The van der Waals surface area contributed by atoms with E-state index in [2.05, 4.69) is 27.3 Å². The first-order valence-corrected chi connectivity index (χ1v) is 8.45. The van der Waals surface area contributed by atoms with Gasteiger partial charge in [-0.2, -0.15) is 0 Å². The van der Waals surface area contributed by atoms with Gasteiger partial charge in [-0.15, -0.1) is 11.3 Å². The second kappa shape index (κ2) is 5.77. The van der Waals surface area contributed by atoms with E-state index in [1.807, 2.05) is 6.07 Å². The summed E-state index contributed by atoms with van der Waals surface area (Å²) < 4.78 is 1.17. The number of rotatable bonds is 3. The zero-order valence-corrected chi connectivity index (χ0v) is 14.0. The fourth-order valence-corrected chi connectivity index (χ4v) is 4.64. The average Bonchev–Trinajstić information content (AvgIpc) is 2.80. The van der Waals surface area contributed by atoms with Crippen LogP contribution in [0.1, 0.15) is 34.9 Å². The quantitative estimate of drug-likeness (QED) is 0.598. The predicted octanol–water partition coefficient (Wildman–Crippen LogP) is 5.22. The van der Waals surface area contributed by atoms with Crippen LogP contribution in [0, 0.1) is 17.0 Å². The van der Waals surface area contributed by atoms with Crippen molar-refractivity contribution in [3.63, 3.8) is 0 Å². The van der Waals surface area contributed by atoms with Gasteiger partial charge >= 0.3 is 0 Å². The highest BCUT2D eigenvalue weighted by atomic mass is 79.9.